The molecule has 2 heterocycles. The zero-order valence-corrected chi connectivity index (χ0v) is 13.4. The van der Waals surface area contributed by atoms with E-state index in [-0.39, 0.29) is 4.90 Å². The maximum Gasteiger partial charge on any atom is 0.294 e. The average Bonchev–Trinajstić information content (AvgIpc) is 2.71. The molecule has 1 atom stereocenters. The van der Waals surface area contributed by atoms with Gasteiger partial charge in [0.15, 0.2) is 0 Å². The van der Waals surface area contributed by atoms with Crippen molar-refractivity contribution in [2.45, 2.75) is 37.0 Å². The van der Waals surface area contributed by atoms with Gasteiger partial charge in [-0.2, -0.15) is 8.42 Å². The molecule has 22 heavy (non-hydrogen) atoms. The zero-order valence-electron chi connectivity index (χ0n) is 12.6. The Morgan fingerprint density at radius 3 is 2.68 bits per heavy atom. The summed E-state index contributed by atoms with van der Waals surface area (Å²) >= 11 is 0. The van der Waals surface area contributed by atoms with E-state index in [0.717, 1.165) is 38.0 Å². The third-order valence-electron chi connectivity index (χ3n) is 4.45. The lowest BCUT2D eigenvalue weighted by Crippen LogP contribution is -2.40. The molecule has 1 N–H and O–H groups in total. The Balaban J connectivity index is 1.65. The molecule has 0 saturated carbocycles. The molecule has 0 amide bonds. The van der Waals surface area contributed by atoms with Crippen LogP contribution in [0, 0.1) is 5.92 Å². The van der Waals surface area contributed by atoms with E-state index in [1.807, 2.05) is 0 Å². The number of nitrogens with zero attached hydrogens (tertiary/aromatic N) is 2. The highest BCUT2D eigenvalue weighted by atomic mass is 32.2. The van der Waals surface area contributed by atoms with Gasteiger partial charge in [-0.15, -0.1) is 0 Å². The third-order valence-corrected chi connectivity index (χ3v) is 5.32. The van der Waals surface area contributed by atoms with E-state index in [2.05, 4.69) is 4.90 Å². The van der Waals surface area contributed by atoms with Gasteiger partial charge in [-0.25, -0.2) is 0 Å². The van der Waals surface area contributed by atoms with Crippen molar-refractivity contribution in [2.75, 3.05) is 19.6 Å². The molecule has 2 aliphatic rings. The second-order valence-electron chi connectivity index (χ2n) is 6.20. The monoisotopic (exact) mass is 322 g/mol. The quantitative estimate of drug-likeness (QED) is 0.868. The van der Waals surface area contributed by atoms with Gasteiger partial charge in [-0.05, 0) is 37.0 Å². The molecule has 1 unspecified atom stereocenters. The highest BCUT2D eigenvalue weighted by molar-refractivity contribution is 7.85. The maximum absolute atomic E-state index is 11.1. The van der Waals surface area contributed by atoms with Crippen LogP contribution in [-0.4, -0.2) is 43.3 Å². The second-order valence-corrected chi connectivity index (χ2v) is 7.62. The first-order valence-corrected chi connectivity index (χ1v) is 9.31. The van der Waals surface area contributed by atoms with Crippen molar-refractivity contribution in [3.63, 3.8) is 0 Å². The number of aliphatic imine (C=N–C) groups is 1. The van der Waals surface area contributed by atoms with E-state index >= 15 is 0 Å². The first-order chi connectivity index (χ1) is 10.5. The largest absolute Gasteiger partial charge is 0.360 e. The van der Waals surface area contributed by atoms with Crippen LogP contribution in [0.2, 0.25) is 0 Å². The Hall–Kier alpha value is -1.40. The van der Waals surface area contributed by atoms with Gasteiger partial charge in [0.1, 0.15) is 0 Å². The molecular weight excluding hydrogens is 300 g/mol. The number of amidine groups is 1. The van der Waals surface area contributed by atoms with Crippen LogP contribution in [0.5, 0.6) is 0 Å². The van der Waals surface area contributed by atoms with E-state index < -0.39 is 10.1 Å². The van der Waals surface area contributed by atoms with E-state index in [0.29, 0.717) is 5.92 Å². The van der Waals surface area contributed by atoms with Crippen LogP contribution in [0.1, 0.15) is 31.2 Å². The average molecular weight is 322 g/mol. The smallest absolute Gasteiger partial charge is 0.294 e. The molecule has 2 aliphatic heterocycles. The Bertz CT molecular complexity index is 652. The van der Waals surface area contributed by atoms with Gasteiger partial charge in [0.2, 0.25) is 0 Å². The summed E-state index contributed by atoms with van der Waals surface area (Å²) in [7, 11) is -4.10. The van der Waals surface area contributed by atoms with Crippen molar-refractivity contribution in [1.29, 1.82) is 0 Å². The molecule has 1 saturated heterocycles. The Morgan fingerprint density at radius 2 is 1.95 bits per heavy atom. The number of rotatable bonds is 3. The minimum Gasteiger partial charge on any atom is -0.360 e. The Labute approximate surface area is 131 Å². The maximum atomic E-state index is 11.1. The van der Waals surface area contributed by atoms with E-state index in [1.54, 1.807) is 12.1 Å². The van der Waals surface area contributed by atoms with Gasteiger partial charge in [0, 0.05) is 32.0 Å². The summed E-state index contributed by atoms with van der Waals surface area (Å²) in [5.41, 5.74) is 1.09. The molecule has 1 aromatic rings. The molecule has 0 bridgehead atoms. The van der Waals surface area contributed by atoms with Gasteiger partial charge in [0.05, 0.1) is 10.7 Å². The molecule has 1 aromatic carbocycles. The van der Waals surface area contributed by atoms with Crippen LogP contribution in [0.4, 0.5) is 0 Å². The first kappa shape index (κ1) is 15.5. The van der Waals surface area contributed by atoms with Gasteiger partial charge in [0.25, 0.3) is 10.1 Å². The van der Waals surface area contributed by atoms with Gasteiger partial charge >= 0.3 is 0 Å². The molecule has 0 aromatic heterocycles. The lowest BCUT2D eigenvalue weighted by Gasteiger charge is -2.33. The molecule has 0 spiro atoms. The Kier molecular flexibility index (Phi) is 4.49. The number of hydrogen-bond donors (Lipinski definition) is 1. The predicted octanol–water partition coefficient (Wildman–Crippen LogP) is 2.38. The fourth-order valence-electron chi connectivity index (χ4n) is 3.29. The Morgan fingerprint density at radius 1 is 1.18 bits per heavy atom. The van der Waals surface area contributed by atoms with Crippen molar-refractivity contribution in [3.05, 3.63) is 29.8 Å². The van der Waals surface area contributed by atoms with Crippen LogP contribution in [0.25, 0.3) is 0 Å². The van der Waals surface area contributed by atoms with E-state index in [9.17, 15) is 8.42 Å². The van der Waals surface area contributed by atoms with Gasteiger partial charge < -0.3 is 4.90 Å². The van der Waals surface area contributed by atoms with Crippen molar-refractivity contribution in [3.8, 4) is 0 Å². The fraction of sp³-hybridized carbons (Fsp3) is 0.562. The summed E-state index contributed by atoms with van der Waals surface area (Å²) in [6, 6.07) is 6.50. The summed E-state index contributed by atoms with van der Waals surface area (Å²) in [6.45, 7) is 3.00. The molecule has 6 heteroatoms. The fourth-order valence-corrected chi connectivity index (χ4v) is 3.77. The standard InChI is InChI=1S/C16H22N2O3S/c19-22(20,21)15-7-5-13(6-8-15)10-14-11-17-16-4-2-1-3-9-18(16)12-14/h5-8,14H,1-4,9-12H2,(H,19,20,21). The number of hydrogen-bond acceptors (Lipinski definition) is 4. The van der Waals surface area contributed by atoms with Gasteiger partial charge in [-0.1, -0.05) is 18.6 Å². The number of fused-ring (bicyclic) bond motifs is 1. The van der Waals surface area contributed by atoms with Crippen molar-refractivity contribution >= 4 is 16.0 Å². The van der Waals surface area contributed by atoms with Gasteiger partial charge in [-0.3, -0.25) is 9.55 Å². The van der Waals surface area contributed by atoms with Crippen molar-refractivity contribution in [1.82, 2.24) is 4.90 Å². The topological polar surface area (TPSA) is 70.0 Å². The lowest BCUT2D eigenvalue weighted by atomic mass is 9.97. The highest BCUT2D eigenvalue weighted by Gasteiger charge is 2.23. The van der Waals surface area contributed by atoms with Crippen molar-refractivity contribution < 1.29 is 13.0 Å². The molecular formula is C16H22N2O3S. The summed E-state index contributed by atoms with van der Waals surface area (Å²) in [4.78, 5) is 7.13. The van der Waals surface area contributed by atoms with E-state index in [4.69, 9.17) is 9.55 Å². The lowest BCUT2D eigenvalue weighted by molar-refractivity contribution is 0.316. The minimum absolute atomic E-state index is 0.0484. The summed E-state index contributed by atoms with van der Waals surface area (Å²) in [5.74, 6) is 1.74. The predicted molar refractivity (Wildman–Crippen MR) is 85.8 cm³/mol. The first-order valence-electron chi connectivity index (χ1n) is 7.87. The SMILES string of the molecule is O=S(=O)(O)c1ccc(CC2CN=C3CCCCCN3C2)cc1. The molecule has 5 nitrogen and oxygen atoms in total. The van der Waals surface area contributed by atoms with Crippen LogP contribution >= 0.6 is 0 Å². The molecule has 1 fully saturated rings. The summed E-state index contributed by atoms with van der Waals surface area (Å²) in [5, 5.41) is 0. The second kappa shape index (κ2) is 6.38. The van der Waals surface area contributed by atoms with Crippen LogP contribution in [-0.2, 0) is 16.5 Å². The normalized spacial score (nSPS) is 22.7. The molecule has 0 aliphatic carbocycles. The minimum atomic E-state index is -4.10. The molecule has 3 rings (SSSR count). The molecule has 120 valence electrons. The van der Waals surface area contributed by atoms with Crippen LogP contribution in [0.3, 0.4) is 0 Å². The third kappa shape index (κ3) is 3.67. The number of benzene rings is 1. The van der Waals surface area contributed by atoms with Crippen LogP contribution < -0.4 is 0 Å². The van der Waals surface area contributed by atoms with Crippen molar-refractivity contribution in [2.24, 2.45) is 10.9 Å². The summed E-state index contributed by atoms with van der Waals surface area (Å²) < 4.78 is 31.1. The van der Waals surface area contributed by atoms with Crippen LogP contribution in [0.15, 0.2) is 34.2 Å². The highest BCUT2D eigenvalue weighted by Crippen LogP contribution is 2.21. The van der Waals surface area contributed by atoms with E-state index in [1.165, 1.54) is 37.2 Å². The molecule has 0 radical (unpaired) electrons. The zero-order chi connectivity index (χ0) is 15.6. The summed E-state index contributed by atoms with van der Waals surface area (Å²) in [6.07, 6.45) is 5.78.